The van der Waals surface area contributed by atoms with Gasteiger partial charge in [0.1, 0.15) is 0 Å². The fourth-order valence-electron chi connectivity index (χ4n) is 2.12. The zero-order valence-corrected chi connectivity index (χ0v) is 7.84. The number of fused-ring (bicyclic) bond motifs is 2. The van der Waals surface area contributed by atoms with Gasteiger partial charge in [-0.3, -0.25) is 0 Å². The standard InChI is InChI=1S/C13H14/c1-2-4-7-12-9-6-10-13(11-12)8-5-3-1/h1-2,12-13H,6,8-11H2/b2-1-. The van der Waals surface area contributed by atoms with E-state index in [0.717, 1.165) is 12.3 Å². The molecule has 0 heterocycles. The first-order valence-corrected chi connectivity index (χ1v) is 5.09. The molecule has 2 rings (SSSR count). The molecular formula is C13H14. The third kappa shape index (κ3) is 2.40. The van der Waals surface area contributed by atoms with Crippen molar-refractivity contribution in [2.75, 3.05) is 0 Å². The molecule has 0 aromatic rings. The van der Waals surface area contributed by atoms with Crippen molar-refractivity contribution in [3.8, 4) is 23.7 Å². The third-order valence-corrected chi connectivity index (χ3v) is 2.81. The lowest BCUT2D eigenvalue weighted by Gasteiger charge is -2.24. The van der Waals surface area contributed by atoms with Crippen LogP contribution in [0.4, 0.5) is 0 Å². The first-order chi connectivity index (χ1) is 6.45. The normalized spacial score (nSPS) is 33.2. The predicted octanol–water partition coefficient (Wildman–Crippen LogP) is 2.76. The SMILES string of the molecule is C1#CCC2CCCC(C#C/C=C\1)C2. The van der Waals surface area contributed by atoms with E-state index in [1.54, 1.807) is 0 Å². The quantitative estimate of drug-likeness (QED) is 0.490. The summed E-state index contributed by atoms with van der Waals surface area (Å²) < 4.78 is 0. The highest BCUT2D eigenvalue weighted by molar-refractivity contribution is 5.26. The molecule has 0 aromatic heterocycles. The van der Waals surface area contributed by atoms with Crippen molar-refractivity contribution in [1.82, 2.24) is 0 Å². The zero-order chi connectivity index (χ0) is 8.93. The summed E-state index contributed by atoms with van der Waals surface area (Å²) in [5.74, 6) is 14.1. The molecular weight excluding hydrogens is 156 g/mol. The molecule has 2 aliphatic carbocycles. The van der Waals surface area contributed by atoms with Gasteiger partial charge in [-0.25, -0.2) is 0 Å². The van der Waals surface area contributed by atoms with Crippen LogP contribution in [0.2, 0.25) is 0 Å². The van der Waals surface area contributed by atoms with Gasteiger partial charge in [-0.05, 0) is 37.3 Å². The molecule has 0 aliphatic heterocycles. The molecule has 0 saturated heterocycles. The maximum Gasteiger partial charge on any atom is 0.0209 e. The van der Waals surface area contributed by atoms with Crippen LogP contribution in [0.15, 0.2) is 12.2 Å². The first-order valence-electron chi connectivity index (χ1n) is 5.09. The summed E-state index contributed by atoms with van der Waals surface area (Å²) in [7, 11) is 0. The van der Waals surface area contributed by atoms with Gasteiger partial charge in [0, 0.05) is 12.3 Å². The van der Waals surface area contributed by atoms with Crippen molar-refractivity contribution < 1.29 is 0 Å². The lowest BCUT2D eigenvalue weighted by atomic mass is 9.80. The Hall–Kier alpha value is -1.14. The Bertz CT molecular complexity index is 313. The molecule has 1 fully saturated rings. The fourth-order valence-corrected chi connectivity index (χ4v) is 2.12. The van der Waals surface area contributed by atoms with Gasteiger partial charge in [-0.15, -0.1) is 0 Å². The number of rotatable bonds is 0. The molecule has 13 heavy (non-hydrogen) atoms. The van der Waals surface area contributed by atoms with E-state index in [1.165, 1.54) is 25.7 Å². The summed E-state index contributed by atoms with van der Waals surface area (Å²) in [6.45, 7) is 0. The van der Waals surface area contributed by atoms with Gasteiger partial charge < -0.3 is 0 Å². The molecule has 1 saturated carbocycles. The molecule has 0 radical (unpaired) electrons. The van der Waals surface area contributed by atoms with Crippen molar-refractivity contribution in [3.63, 3.8) is 0 Å². The lowest BCUT2D eigenvalue weighted by molar-refractivity contribution is 0.316. The average Bonchev–Trinajstić information content (AvgIpc) is 2.17. The van der Waals surface area contributed by atoms with Crippen LogP contribution in [0.25, 0.3) is 0 Å². The summed E-state index contributed by atoms with van der Waals surface area (Å²) >= 11 is 0. The highest BCUT2D eigenvalue weighted by Gasteiger charge is 2.19. The van der Waals surface area contributed by atoms with Gasteiger partial charge in [-0.1, -0.05) is 30.1 Å². The van der Waals surface area contributed by atoms with E-state index >= 15 is 0 Å². The Morgan fingerprint density at radius 2 is 2.00 bits per heavy atom. The molecule has 66 valence electrons. The van der Waals surface area contributed by atoms with E-state index in [0.29, 0.717) is 5.92 Å². The largest absolute Gasteiger partial charge is 0.0982 e. The van der Waals surface area contributed by atoms with Crippen molar-refractivity contribution in [2.24, 2.45) is 11.8 Å². The second-order valence-corrected chi connectivity index (χ2v) is 3.88. The van der Waals surface area contributed by atoms with Crippen LogP contribution in [0.5, 0.6) is 0 Å². The van der Waals surface area contributed by atoms with Gasteiger partial charge in [0.2, 0.25) is 0 Å². The minimum atomic E-state index is 0.642. The minimum Gasteiger partial charge on any atom is -0.0982 e. The first kappa shape index (κ1) is 8.46. The molecule has 0 N–H and O–H groups in total. The van der Waals surface area contributed by atoms with E-state index in [1.807, 2.05) is 12.2 Å². The maximum absolute atomic E-state index is 3.32. The van der Waals surface area contributed by atoms with Gasteiger partial charge >= 0.3 is 0 Å². The lowest BCUT2D eigenvalue weighted by Crippen LogP contribution is -2.13. The molecule has 0 nitrogen and oxygen atoms in total. The van der Waals surface area contributed by atoms with E-state index in [2.05, 4.69) is 23.7 Å². The molecule has 2 bridgehead atoms. The predicted molar refractivity (Wildman–Crippen MR) is 54.8 cm³/mol. The number of hydrogen-bond acceptors (Lipinski definition) is 0. The molecule has 2 aliphatic rings. The van der Waals surface area contributed by atoms with Crippen LogP contribution in [-0.4, -0.2) is 0 Å². The second-order valence-electron chi connectivity index (χ2n) is 3.88. The zero-order valence-electron chi connectivity index (χ0n) is 7.84. The number of allylic oxidation sites excluding steroid dienone is 2. The van der Waals surface area contributed by atoms with Crippen LogP contribution in [0.1, 0.15) is 32.1 Å². The molecule has 0 spiro atoms. The van der Waals surface area contributed by atoms with E-state index < -0.39 is 0 Å². The summed E-state index contributed by atoms with van der Waals surface area (Å²) in [5, 5.41) is 0. The summed E-state index contributed by atoms with van der Waals surface area (Å²) in [6, 6.07) is 0. The number of hydrogen-bond donors (Lipinski definition) is 0. The smallest absolute Gasteiger partial charge is 0.0209 e. The van der Waals surface area contributed by atoms with Crippen LogP contribution < -0.4 is 0 Å². The summed E-state index contributed by atoms with van der Waals surface area (Å²) in [5.41, 5.74) is 0. The highest BCUT2D eigenvalue weighted by Crippen LogP contribution is 2.30. The Labute approximate surface area is 80.4 Å². The molecule has 2 unspecified atom stereocenters. The molecule has 2 atom stereocenters. The Balaban J connectivity index is 2.14. The summed E-state index contributed by atoms with van der Waals surface area (Å²) in [6.07, 6.45) is 10.1. The summed E-state index contributed by atoms with van der Waals surface area (Å²) in [4.78, 5) is 0. The van der Waals surface area contributed by atoms with Crippen molar-refractivity contribution >= 4 is 0 Å². The topological polar surface area (TPSA) is 0 Å². The van der Waals surface area contributed by atoms with Crippen LogP contribution in [0, 0.1) is 35.5 Å². The van der Waals surface area contributed by atoms with E-state index in [9.17, 15) is 0 Å². The van der Waals surface area contributed by atoms with Crippen LogP contribution in [-0.2, 0) is 0 Å². The molecule has 0 heteroatoms. The maximum atomic E-state index is 3.32. The Kier molecular flexibility index (Phi) is 2.73. The van der Waals surface area contributed by atoms with Gasteiger partial charge in [0.05, 0.1) is 0 Å². The van der Waals surface area contributed by atoms with Crippen molar-refractivity contribution in [1.29, 1.82) is 0 Å². The fraction of sp³-hybridized carbons (Fsp3) is 0.538. The van der Waals surface area contributed by atoms with Crippen LogP contribution >= 0.6 is 0 Å². The van der Waals surface area contributed by atoms with Crippen molar-refractivity contribution in [2.45, 2.75) is 32.1 Å². The molecule has 0 aromatic carbocycles. The van der Waals surface area contributed by atoms with E-state index in [4.69, 9.17) is 0 Å². The Morgan fingerprint density at radius 1 is 1.08 bits per heavy atom. The van der Waals surface area contributed by atoms with Gasteiger partial charge in [0.25, 0.3) is 0 Å². The van der Waals surface area contributed by atoms with Gasteiger partial charge in [-0.2, -0.15) is 0 Å². The third-order valence-electron chi connectivity index (χ3n) is 2.81. The van der Waals surface area contributed by atoms with E-state index in [-0.39, 0.29) is 0 Å². The van der Waals surface area contributed by atoms with Crippen molar-refractivity contribution in [3.05, 3.63) is 12.2 Å². The molecule has 0 amide bonds. The monoisotopic (exact) mass is 170 g/mol. The highest BCUT2D eigenvalue weighted by atomic mass is 14.2. The Morgan fingerprint density at radius 3 is 3.00 bits per heavy atom. The van der Waals surface area contributed by atoms with Gasteiger partial charge in [0.15, 0.2) is 0 Å². The second kappa shape index (κ2) is 4.20. The minimum absolute atomic E-state index is 0.642. The van der Waals surface area contributed by atoms with Crippen LogP contribution in [0.3, 0.4) is 0 Å². The average molecular weight is 170 g/mol.